The lowest BCUT2D eigenvalue weighted by Gasteiger charge is -2.12. The van der Waals surface area contributed by atoms with Gasteiger partial charge in [-0.3, -0.25) is 0 Å². The van der Waals surface area contributed by atoms with Gasteiger partial charge in [-0.05, 0) is 56.5 Å². The summed E-state index contributed by atoms with van der Waals surface area (Å²) >= 11 is 0. The van der Waals surface area contributed by atoms with E-state index in [9.17, 15) is 4.79 Å². The zero-order valence-corrected chi connectivity index (χ0v) is 12.4. The molecule has 2 aromatic carbocycles. The van der Waals surface area contributed by atoms with Crippen molar-refractivity contribution in [3.63, 3.8) is 0 Å². The molecule has 0 radical (unpaired) electrons. The van der Waals surface area contributed by atoms with Crippen LogP contribution in [0.15, 0.2) is 36.4 Å². The number of anilines is 2. The van der Waals surface area contributed by atoms with Crippen molar-refractivity contribution in [3.05, 3.63) is 58.7 Å². The number of urea groups is 1. The Labute approximate surface area is 120 Å². The van der Waals surface area contributed by atoms with E-state index < -0.39 is 0 Å². The summed E-state index contributed by atoms with van der Waals surface area (Å²) in [5.74, 6) is 0. The molecule has 0 bridgehead atoms. The lowest BCUT2D eigenvalue weighted by atomic mass is 10.1. The first-order valence-corrected chi connectivity index (χ1v) is 6.68. The van der Waals surface area contributed by atoms with Gasteiger partial charge in [-0.1, -0.05) is 29.8 Å². The Morgan fingerprint density at radius 2 is 1.35 bits per heavy atom. The Balaban J connectivity index is 2.11. The van der Waals surface area contributed by atoms with Crippen molar-refractivity contribution in [2.45, 2.75) is 27.7 Å². The zero-order chi connectivity index (χ0) is 14.7. The molecule has 0 aliphatic rings. The maximum absolute atomic E-state index is 12.1. The molecule has 2 amide bonds. The normalized spacial score (nSPS) is 10.2. The minimum atomic E-state index is -0.217. The maximum atomic E-state index is 12.1. The molecule has 0 aromatic heterocycles. The fourth-order valence-corrected chi connectivity index (χ4v) is 2.10. The number of benzene rings is 2. The van der Waals surface area contributed by atoms with Crippen LogP contribution in [0, 0.1) is 27.7 Å². The highest BCUT2D eigenvalue weighted by Gasteiger charge is 2.06. The first-order chi connectivity index (χ1) is 9.45. The Bertz CT molecular complexity index is 647. The number of carbonyl (C=O) groups excluding carboxylic acids is 1. The molecule has 0 heterocycles. The highest BCUT2D eigenvalue weighted by atomic mass is 16.2. The van der Waals surface area contributed by atoms with Crippen LogP contribution < -0.4 is 10.6 Å². The monoisotopic (exact) mass is 268 g/mol. The fourth-order valence-electron chi connectivity index (χ4n) is 2.10. The third-order valence-electron chi connectivity index (χ3n) is 3.27. The van der Waals surface area contributed by atoms with E-state index >= 15 is 0 Å². The summed E-state index contributed by atoms with van der Waals surface area (Å²) in [7, 11) is 0. The highest BCUT2D eigenvalue weighted by Crippen LogP contribution is 2.19. The number of carbonyl (C=O) groups is 1. The van der Waals surface area contributed by atoms with Crippen LogP contribution in [-0.2, 0) is 0 Å². The minimum Gasteiger partial charge on any atom is -0.307 e. The van der Waals surface area contributed by atoms with Crippen molar-refractivity contribution in [3.8, 4) is 0 Å². The van der Waals surface area contributed by atoms with E-state index in [1.807, 2.05) is 64.1 Å². The first kappa shape index (κ1) is 14.1. The summed E-state index contributed by atoms with van der Waals surface area (Å²) in [5, 5.41) is 5.77. The predicted molar refractivity (Wildman–Crippen MR) is 84.5 cm³/mol. The second-order valence-corrected chi connectivity index (χ2v) is 5.22. The lowest BCUT2D eigenvalue weighted by molar-refractivity contribution is 0.262. The topological polar surface area (TPSA) is 41.1 Å². The van der Waals surface area contributed by atoms with Crippen LogP contribution in [0.2, 0.25) is 0 Å². The first-order valence-electron chi connectivity index (χ1n) is 6.68. The standard InChI is InChI=1S/C17H20N2O/c1-11-6-8-15(14(4)9-11)18-17(20)19-16-10-12(2)5-7-13(16)3/h5-10H,1-4H3,(H2,18,19,20). The largest absolute Gasteiger partial charge is 0.323 e. The third-order valence-corrected chi connectivity index (χ3v) is 3.27. The van der Waals surface area contributed by atoms with Gasteiger partial charge >= 0.3 is 6.03 Å². The van der Waals surface area contributed by atoms with Crippen LogP contribution in [0.5, 0.6) is 0 Å². The van der Waals surface area contributed by atoms with Gasteiger partial charge in [0.15, 0.2) is 0 Å². The summed E-state index contributed by atoms with van der Waals surface area (Å²) < 4.78 is 0. The van der Waals surface area contributed by atoms with E-state index in [1.165, 1.54) is 5.56 Å². The molecule has 2 rings (SSSR count). The molecule has 0 saturated heterocycles. The molecule has 104 valence electrons. The van der Waals surface area contributed by atoms with E-state index in [-0.39, 0.29) is 6.03 Å². The highest BCUT2D eigenvalue weighted by molar-refractivity contribution is 6.00. The second kappa shape index (κ2) is 5.78. The van der Waals surface area contributed by atoms with Gasteiger partial charge in [0, 0.05) is 11.4 Å². The van der Waals surface area contributed by atoms with Gasteiger partial charge in [-0.2, -0.15) is 0 Å². The van der Waals surface area contributed by atoms with E-state index in [0.29, 0.717) is 0 Å². The van der Waals surface area contributed by atoms with Gasteiger partial charge < -0.3 is 10.6 Å². The molecule has 2 N–H and O–H groups in total. The van der Waals surface area contributed by atoms with Gasteiger partial charge in [0.25, 0.3) is 0 Å². The second-order valence-electron chi connectivity index (χ2n) is 5.22. The molecule has 0 fully saturated rings. The van der Waals surface area contributed by atoms with E-state index in [2.05, 4.69) is 10.6 Å². The van der Waals surface area contributed by atoms with Crippen LogP contribution in [0.4, 0.5) is 16.2 Å². The summed E-state index contributed by atoms with van der Waals surface area (Å²) in [4.78, 5) is 12.1. The molecule has 0 saturated carbocycles. The molecule has 0 spiro atoms. The molecular weight excluding hydrogens is 248 g/mol. The van der Waals surface area contributed by atoms with E-state index in [1.54, 1.807) is 0 Å². The smallest absolute Gasteiger partial charge is 0.307 e. The summed E-state index contributed by atoms with van der Waals surface area (Å²) in [6.45, 7) is 8.01. The number of hydrogen-bond donors (Lipinski definition) is 2. The molecular formula is C17H20N2O. The molecule has 2 aromatic rings. The van der Waals surface area contributed by atoms with Gasteiger partial charge in [0.1, 0.15) is 0 Å². The number of amides is 2. The average molecular weight is 268 g/mol. The summed E-state index contributed by atoms with van der Waals surface area (Å²) in [5.41, 5.74) is 6.08. The maximum Gasteiger partial charge on any atom is 0.323 e. The number of aryl methyl sites for hydroxylation is 4. The van der Waals surface area contributed by atoms with E-state index in [4.69, 9.17) is 0 Å². The molecule has 0 aliphatic heterocycles. The molecule has 0 aliphatic carbocycles. The quantitative estimate of drug-likeness (QED) is 0.823. The fraction of sp³-hybridized carbons (Fsp3) is 0.235. The van der Waals surface area contributed by atoms with Crippen molar-refractivity contribution in [2.24, 2.45) is 0 Å². The van der Waals surface area contributed by atoms with Gasteiger partial charge in [-0.25, -0.2) is 4.79 Å². The molecule has 3 nitrogen and oxygen atoms in total. The summed E-state index contributed by atoms with van der Waals surface area (Å²) in [6, 6.07) is 11.7. The van der Waals surface area contributed by atoms with E-state index in [0.717, 1.165) is 28.1 Å². The van der Waals surface area contributed by atoms with Crippen molar-refractivity contribution in [1.82, 2.24) is 0 Å². The Hall–Kier alpha value is -2.29. The third kappa shape index (κ3) is 3.38. The summed E-state index contributed by atoms with van der Waals surface area (Å²) in [6.07, 6.45) is 0. The Morgan fingerprint density at radius 3 is 2.05 bits per heavy atom. The average Bonchev–Trinajstić information content (AvgIpc) is 2.37. The van der Waals surface area contributed by atoms with Crippen molar-refractivity contribution in [2.75, 3.05) is 10.6 Å². The van der Waals surface area contributed by atoms with Gasteiger partial charge in [0.05, 0.1) is 0 Å². The van der Waals surface area contributed by atoms with Crippen LogP contribution >= 0.6 is 0 Å². The molecule has 3 heteroatoms. The molecule has 0 atom stereocenters. The van der Waals surface area contributed by atoms with Gasteiger partial charge in [-0.15, -0.1) is 0 Å². The number of rotatable bonds is 2. The zero-order valence-electron chi connectivity index (χ0n) is 12.4. The molecule has 0 unspecified atom stereocenters. The predicted octanol–water partition coefficient (Wildman–Crippen LogP) is 4.56. The minimum absolute atomic E-state index is 0.217. The van der Waals surface area contributed by atoms with Crippen LogP contribution in [0.1, 0.15) is 22.3 Å². The SMILES string of the molecule is Cc1ccc(NC(=O)Nc2cc(C)ccc2C)c(C)c1. The van der Waals surface area contributed by atoms with Crippen LogP contribution in [0.3, 0.4) is 0 Å². The van der Waals surface area contributed by atoms with Crippen molar-refractivity contribution >= 4 is 17.4 Å². The lowest BCUT2D eigenvalue weighted by Crippen LogP contribution is -2.20. The van der Waals surface area contributed by atoms with Crippen LogP contribution in [-0.4, -0.2) is 6.03 Å². The Kier molecular flexibility index (Phi) is 4.08. The Morgan fingerprint density at radius 1 is 0.750 bits per heavy atom. The van der Waals surface area contributed by atoms with Crippen molar-refractivity contribution < 1.29 is 4.79 Å². The van der Waals surface area contributed by atoms with Crippen molar-refractivity contribution in [1.29, 1.82) is 0 Å². The van der Waals surface area contributed by atoms with Crippen LogP contribution in [0.25, 0.3) is 0 Å². The number of hydrogen-bond acceptors (Lipinski definition) is 1. The molecule has 20 heavy (non-hydrogen) atoms. The number of nitrogens with one attached hydrogen (secondary N) is 2. The van der Waals surface area contributed by atoms with Gasteiger partial charge in [0.2, 0.25) is 0 Å².